The van der Waals surface area contributed by atoms with Crippen molar-refractivity contribution in [1.29, 1.82) is 0 Å². The van der Waals surface area contributed by atoms with Gasteiger partial charge in [-0.25, -0.2) is 0 Å². The van der Waals surface area contributed by atoms with E-state index in [2.05, 4.69) is 23.6 Å². The molecular weight excluding hydrogens is 204 g/mol. The van der Waals surface area contributed by atoms with E-state index in [4.69, 9.17) is 0 Å². The van der Waals surface area contributed by atoms with Crippen molar-refractivity contribution in [1.82, 2.24) is 0 Å². The van der Waals surface area contributed by atoms with E-state index in [1.165, 1.54) is 38.5 Å². The summed E-state index contributed by atoms with van der Waals surface area (Å²) in [4.78, 5) is 0. The van der Waals surface area contributed by atoms with E-state index in [1.807, 2.05) is 0 Å². The summed E-state index contributed by atoms with van der Waals surface area (Å²) in [6, 6.07) is 3.09. The Morgan fingerprint density at radius 2 is 1.38 bits per heavy atom. The number of unbranched alkanes of at least 4 members (excludes halogenated alkanes) is 4. The maximum Gasteiger partial charge on any atom is 0.0303 e. The van der Waals surface area contributed by atoms with Crippen LogP contribution in [0.25, 0.3) is 0 Å². The zero-order valence-electron chi connectivity index (χ0n) is 9.16. The fraction of sp³-hybridized carbons (Fsp3) is 1.00. The van der Waals surface area contributed by atoms with Crippen LogP contribution in [0.4, 0.5) is 0 Å². The van der Waals surface area contributed by atoms with Gasteiger partial charge in [-0.15, -0.1) is 0 Å². The van der Waals surface area contributed by atoms with E-state index >= 15 is 0 Å². The van der Waals surface area contributed by atoms with Crippen LogP contribution in [-0.4, -0.2) is 26.6 Å². The third-order valence-electron chi connectivity index (χ3n) is 2.34. The molecule has 0 aliphatic heterocycles. The smallest absolute Gasteiger partial charge is 0.0303 e. The average molecular weight is 227 g/mol. The maximum atomic E-state index is 3.74. The topological polar surface area (TPSA) is 0 Å². The van der Waals surface area contributed by atoms with Crippen LogP contribution >= 0.6 is 0 Å². The molecule has 0 unspecified atom stereocenters. The first-order valence-electron chi connectivity index (χ1n) is 5.62. The molecule has 0 fully saturated rings. The molecule has 0 aromatic heterocycles. The number of hydrogen-bond donors (Lipinski definition) is 0. The lowest BCUT2D eigenvalue weighted by Crippen LogP contribution is -2.22. The summed E-state index contributed by atoms with van der Waals surface area (Å²) >= 11 is 0. The quantitative estimate of drug-likeness (QED) is 0.419. The van der Waals surface area contributed by atoms with Crippen LogP contribution in [0.2, 0.25) is 12.1 Å². The molecule has 6 radical (unpaired) electrons. The molecule has 0 saturated carbocycles. The summed E-state index contributed by atoms with van der Waals surface area (Å²) in [6.07, 6.45) is 8.59. The van der Waals surface area contributed by atoms with E-state index in [0.29, 0.717) is 0 Å². The maximum absolute atomic E-state index is 3.74. The molecule has 74 valence electrons. The third-order valence-corrected chi connectivity index (χ3v) is 10.4. The molecule has 0 spiro atoms. The predicted molar refractivity (Wildman–Crippen MR) is 65.9 cm³/mol. The van der Waals surface area contributed by atoms with Gasteiger partial charge in [-0.3, -0.25) is 0 Å². The van der Waals surface area contributed by atoms with Gasteiger partial charge >= 0.3 is 0 Å². The summed E-state index contributed by atoms with van der Waals surface area (Å²) < 4.78 is 0. The molecule has 0 atom stereocenters. The van der Waals surface area contributed by atoms with Crippen LogP contribution in [0.5, 0.6) is 0 Å². The van der Waals surface area contributed by atoms with Crippen LogP contribution in [0.15, 0.2) is 0 Å². The van der Waals surface area contributed by atoms with Gasteiger partial charge in [-0.05, 0) is 0 Å². The van der Waals surface area contributed by atoms with Crippen molar-refractivity contribution >= 4 is 26.6 Å². The van der Waals surface area contributed by atoms with Gasteiger partial charge in [-0.1, -0.05) is 64.5 Å². The summed E-state index contributed by atoms with van der Waals surface area (Å²) in [5.41, 5.74) is 0. The Balaban J connectivity index is 3.28. The highest BCUT2D eigenvalue weighted by Gasteiger charge is 2.07. The van der Waals surface area contributed by atoms with Crippen LogP contribution in [0, 0.1) is 0 Å². The second-order valence-corrected chi connectivity index (χ2v) is 11.2. The van der Waals surface area contributed by atoms with Gasteiger partial charge in [0.2, 0.25) is 0 Å². The monoisotopic (exact) mass is 226 g/mol. The van der Waals surface area contributed by atoms with Crippen LogP contribution < -0.4 is 0 Å². The van der Waals surface area contributed by atoms with E-state index in [9.17, 15) is 0 Å². The Kier molecular flexibility index (Phi) is 11.3. The minimum Gasteiger partial charge on any atom is -0.0654 e. The summed E-state index contributed by atoms with van der Waals surface area (Å²) in [7, 11) is 4.83. The summed E-state index contributed by atoms with van der Waals surface area (Å²) in [5, 5.41) is 0. The van der Waals surface area contributed by atoms with E-state index in [1.54, 1.807) is 12.1 Å². The minimum absolute atomic E-state index is 0.0125. The molecule has 0 aliphatic rings. The van der Waals surface area contributed by atoms with Crippen molar-refractivity contribution in [2.45, 2.75) is 64.5 Å². The molecule has 0 saturated heterocycles. The first-order chi connectivity index (χ1) is 6.35. The highest BCUT2D eigenvalue weighted by Crippen LogP contribution is 2.10. The lowest BCUT2D eigenvalue weighted by Gasteiger charge is -2.11. The minimum atomic E-state index is 0.0125. The molecule has 0 nitrogen and oxygen atoms in total. The SMILES string of the molecule is CCCCC[Si](CCCCC)[Si][Si]. The van der Waals surface area contributed by atoms with Gasteiger partial charge in [0.1, 0.15) is 0 Å². The van der Waals surface area contributed by atoms with Crippen molar-refractivity contribution in [3.8, 4) is 0 Å². The van der Waals surface area contributed by atoms with E-state index < -0.39 is 0 Å². The lowest BCUT2D eigenvalue weighted by molar-refractivity contribution is 0.750. The molecule has 0 aromatic carbocycles. The lowest BCUT2D eigenvalue weighted by atomic mass is 10.3. The first kappa shape index (κ1) is 13.7. The normalized spacial score (nSPS) is 11.1. The van der Waals surface area contributed by atoms with Gasteiger partial charge in [0.15, 0.2) is 0 Å². The molecule has 0 bridgehead atoms. The summed E-state index contributed by atoms with van der Waals surface area (Å²) in [6.45, 7) is 4.58. The van der Waals surface area contributed by atoms with Crippen molar-refractivity contribution < 1.29 is 0 Å². The zero-order valence-corrected chi connectivity index (χ0v) is 12.2. The van der Waals surface area contributed by atoms with Crippen molar-refractivity contribution in [2.75, 3.05) is 0 Å². The van der Waals surface area contributed by atoms with Crippen molar-refractivity contribution in [3.05, 3.63) is 0 Å². The average Bonchev–Trinajstić information content (AvgIpc) is 2.16. The molecule has 0 amide bonds. The second kappa shape index (κ2) is 10.7. The molecule has 0 rings (SSSR count). The van der Waals surface area contributed by atoms with Crippen molar-refractivity contribution in [3.63, 3.8) is 0 Å². The van der Waals surface area contributed by atoms with E-state index in [0.717, 1.165) is 8.55 Å². The molecular formula is C10H22Si3. The van der Waals surface area contributed by atoms with Crippen LogP contribution in [0.1, 0.15) is 52.4 Å². The molecule has 0 N–H and O–H groups in total. The van der Waals surface area contributed by atoms with Gasteiger partial charge in [0.05, 0.1) is 0 Å². The highest BCUT2D eigenvalue weighted by molar-refractivity contribution is 7.31. The van der Waals surface area contributed by atoms with E-state index in [-0.39, 0.29) is 8.31 Å². The highest BCUT2D eigenvalue weighted by atomic mass is 29.5. The zero-order chi connectivity index (χ0) is 9.94. The fourth-order valence-electron chi connectivity index (χ4n) is 1.43. The van der Waals surface area contributed by atoms with Gasteiger partial charge in [0, 0.05) is 26.6 Å². The van der Waals surface area contributed by atoms with Gasteiger partial charge < -0.3 is 0 Å². The molecule has 0 heterocycles. The largest absolute Gasteiger partial charge is 0.0654 e. The standard InChI is InChI=1S/C10H22Si3/c1-3-5-7-9-13(12-11)10-8-6-4-2/h3-10H2,1-2H3. The second-order valence-electron chi connectivity index (χ2n) is 3.64. The van der Waals surface area contributed by atoms with Crippen molar-refractivity contribution in [2.24, 2.45) is 0 Å². The van der Waals surface area contributed by atoms with Crippen LogP contribution in [-0.2, 0) is 0 Å². The third kappa shape index (κ3) is 8.97. The molecule has 0 aromatic rings. The number of hydrogen-bond acceptors (Lipinski definition) is 0. The molecule has 3 heteroatoms. The van der Waals surface area contributed by atoms with Crippen LogP contribution in [0.3, 0.4) is 0 Å². The summed E-state index contributed by atoms with van der Waals surface area (Å²) in [5.74, 6) is 0. The number of rotatable bonds is 9. The van der Waals surface area contributed by atoms with Gasteiger partial charge in [-0.2, -0.15) is 0 Å². The first-order valence-corrected chi connectivity index (χ1v) is 11.0. The Morgan fingerprint density at radius 1 is 0.923 bits per heavy atom. The Bertz CT molecular complexity index is 86.2. The molecule has 0 aliphatic carbocycles. The Labute approximate surface area is 91.3 Å². The molecule has 13 heavy (non-hydrogen) atoms. The van der Waals surface area contributed by atoms with Gasteiger partial charge in [0.25, 0.3) is 0 Å². The Morgan fingerprint density at radius 3 is 1.69 bits per heavy atom. The predicted octanol–water partition coefficient (Wildman–Crippen LogP) is 3.15. The Hall–Kier alpha value is 0.651. The fourth-order valence-corrected chi connectivity index (χ4v) is 7.34.